The van der Waals surface area contributed by atoms with Gasteiger partial charge in [-0.05, 0) is 49.8 Å². The van der Waals surface area contributed by atoms with E-state index in [1.807, 2.05) is 18.2 Å². The van der Waals surface area contributed by atoms with Crippen LogP contribution < -0.4 is 29.7 Å². The first-order valence-corrected chi connectivity index (χ1v) is 13.4. The van der Waals surface area contributed by atoms with Crippen LogP contribution in [-0.2, 0) is 4.79 Å². The third-order valence-electron chi connectivity index (χ3n) is 6.76. The Morgan fingerprint density at radius 3 is 2.51 bits per heavy atom. The predicted molar refractivity (Wildman–Crippen MR) is 156 cm³/mol. The number of thiazole rings is 1. The summed E-state index contributed by atoms with van der Waals surface area (Å²) in [4.78, 5) is 43.8. The number of fused-ring (bicyclic) bond motifs is 1. The van der Waals surface area contributed by atoms with Gasteiger partial charge in [-0.15, -0.1) is 0 Å². The predicted octanol–water partition coefficient (Wildman–Crippen LogP) is 4.11. The van der Waals surface area contributed by atoms with E-state index in [9.17, 15) is 19.7 Å². The number of ether oxygens (including phenoxy) is 2. The molecule has 11 heteroatoms. The second-order valence-corrected chi connectivity index (χ2v) is 10.3. The number of hydrogen-bond acceptors (Lipinski definition) is 8. The number of benzene rings is 3. The molecule has 0 saturated heterocycles. The van der Waals surface area contributed by atoms with E-state index in [1.165, 1.54) is 24.9 Å². The van der Waals surface area contributed by atoms with Gasteiger partial charge in [0.2, 0.25) is 0 Å². The van der Waals surface area contributed by atoms with Gasteiger partial charge < -0.3 is 14.8 Å². The van der Waals surface area contributed by atoms with Crippen LogP contribution in [0.25, 0.3) is 6.08 Å². The lowest BCUT2D eigenvalue weighted by Gasteiger charge is -2.26. The van der Waals surface area contributed by atoms with E-state index in [0.717, 1.165) is 11.3 Å². The Morgan fingerprint density at radius 1 is 1.07 bits per heavy atom. The molecule has 1 atom stereocenters. The Kier molecular flexibility index (Phi) is 7.54. The molecule has 0 aliphatic carbocycles. The highest BCUT2D eigenvalue weighted by molar-refractivity contribution is 7.07. The third-order valence-corrected chi connectivity index (χ3v) is 7.74. The standard InChI is InChI=1S/C30H26N4O6S/c1-17-10-11-19(14-23(17)34(37)38)15-25-29(36)33-27(22-13-12-21(39-3)16-24(22)40-4)26(18(2)31-30(33)41-25)28(35)32-20-8-6-5-7-9-20/h5-16,27H,1-4H3,(H,32,35)/b25-15-/t27-/m0/s1. The van der Waals surface area contributed by atoms with Crippen molar-refractivity contribution in [3.05, 3.63) is 124 Å². The molecular formula is C30H26N4O6S. The summed E-state index contributed by atoms with van der Waals surface area (Å²) in [6.07, 6.45) is 1.60. The number of nitro benzene ring substituents is 1. The summed E-state index contributed by atoms with van der Waals surface area (Å²) in [5.41, 5.74) is 2.48. The van der Waals surface area contributed by atoms with Crippen LogP contribution in [0.3, 0.4) is 0 Å². The number of nitrogens with one attached hydrogen (secondary N) is 1. The average molecular weight is 571 g/mol. The van der Waals surface area contributed by atoms with Gasteiger partial charge in [-0.3, -0.25) is 24.3 Å². The zero-order valence-corrected chi connectivity index (χ0v) is 23.5. The molecule has 0 spiro atoms. The van der Waals surface area contributed by atoms with Crippen molar-refractivity contribution in [2.45, 2.75) is 19.9 Å². The molecule has 2 heterocycles. The lowest BCUT2D eigenvalue weighted by Crippen LogP contribution is -2.40. The minimum Gasteiger partial charge on any atom is -0.497 e. The van der Waals surface area contributed by atoms with Crippen molar-refractivity contribution in [3.63, 3.8) is 0 Å². The van der Waals surface area contributed by atoms with Crippen LogP contribution >= 0.6 is 11.3 Å². The Labute approximate surface area is 238 Å². The number of nitro groups is 1. The summed E-state index contributed by atoms with van der Waals surface area (Å²) in [5, 5.41) is 14.4. The molecule has 5 rings (SSSR count). The average Bonchev–Trinajstić information content (AvgIpc) is 3.27. The Hall–Kier alpha value is -5.03. The highest BCUT2D eigenvalue weighted by atomic mass is 32.1. The monoisotopic (exact) mass is 570 g/mol. The Morgan fingerprint density at radius 2 is 1.83 bits per heavy atom. The molecule has 0 bridgehead atoms. The second-order valence-electron chi connectivity index (χ2n) is 9.31. The number of carbonyl (C=O) groups excluding carboxylic acids is 1. The first-order chi connectivity index (χ1) is 19.7. The number of methoxy groups -OCH3 is 2. The molecule has 1 amide bonds. The summed E-state index contributed by atoms with van der Waals surface area (Å²) < 4.78 is 12.8. The fraction of sp³-hybridized carbons (Fsp3) is 0.167. The van der Waals surface area contributed by atoms with Gasteiger partial charge in [-0.2, -0.15) is 0 Å². The maximum Gasteiger partial charge on any atom is 0.272 e. The summed E-state index contributed by atoms with van der Waals surface area (Å²) in [5.74, 6) is 0.566. The highest BCUT2D eigenvalue weighted by Crippen LogP contribution is 2.37. The van der Waals surface area contributed by atoms with Crippen molar-refractivity contribution in [1.29, 1.82) is 0 Å². The van der Waals surface area contributed by atoms with Crippen molar-refractivity contribution < 1.29 is 19.2 Å². The van der Waals surface area contributed by atoms with Gasteiger partial charge >= 0.3 is 0 Å². The largest absolute Gasteiger partial charge is 0.497 e. The van der Waals surface area contributed by atoms with Gasteiger partial charge in [0.05, 0.1) is 34.9 Å². The van der Waals surface area contributed by atoms with E-state index in [1.54, 1.807) is 62.4 Å². The molecule has 1 aromatic heterocycles. The summed E-state index contributed by atoms with van der Waals surface area (Å²) in [7, 11) is 3.04. The number of hydrogen-bond donors (Lipinski definition) is 1. The van der Waals surface area contributed by atoms with E-state index in [0.29, 0.717) is 48.9 Å². The molecule has 1 aliphatic heterocycles. The van der Waals surface area contributed by atoms with Gasteiger partial charge in [-0.1, -0.05) is 41.7 Å². The number of para-hydroxylation sites is 1. The molecule has 0 fully saturated rings. The summed E-state index contributed by atoms with van der Waals surface area (Å²) in [6, 6.07) is 18.1. The number of carbonyl (C=O) groups is 1. The molecule has 10 nitrogen and oxygen atoms in total. The van der Waals surface area contributed by atoms with Crippen LogP contribution in [0.1, 0.15) is 29.7 Å². The van der Waals surface area contributed by atoms with Crippen LogP contribution in [-0.4, -0.2) is 29.6 Å². The smallest absolute Gasteiger partial charge is 0.272 e. The second kappa shape index (κ2) is 11.2. The van der Waals surface area contributed by atoms with Crippen LogP contribution in [0, 0.1) is 17.0 Å². The number of amides is 1. The lowest BCUT2D eigenvalue weighted by molar-refractivity contribution is -0.385. The summed E-state index contributed by atoms with van der Waals surface area (Å²) in [6.45, 7) is 3.38. The third kappa shape index (κ3) is 5.27. The molecule has 41 heavy (non-hydrogen) atoms. The minimum absolute atomic E-state index is 0.0388. The topological polar surface area (TPSA) is 125 Å². The van der Waals surface area contributed by atoms with E-state index < -0.39 is 22.4 Å². The molecule has 4 aromatic rings. The van der Waals surface area contributed by atoms with Gasteiger partial charge in [0.15, 0.2) is 4.80 Å². The molecule has 0 saturated carbocycles. The van der Waals surface area contributed by atoms with Gasteiger partial charge in [0, 0.05) is 28.9 Å². The lowest BCUT2D eigenvalue weighted by atomic mass is 9.94. The van der Waals surface area contributed by atoms with Crippen molar-refractivity contribution in [2.24, 2.45) is 4.99 Å². The minimum atomic E-state index is -0.870. The summed E-state index contributed by atoms with van der Waals surface area (Å²) >= 11 is 1.14. The molecule has 0 radical (unpaired) electrons. The van der Waals surface area contributed by atoms with Gasteiger partial charge in [0.25, 0.3) is 17.2 Å². The Bertz CT molecular complexity index is 1890. The van der Waals surface area contributed by atoms with E-state index in [4.69, 9.17) is 9.47 Å². The fourth-order valence-corrected chi connectivity index (χ4v) is 5.78. The maximum absolute atomic E-state index is 14.0. The molecule has 1 N–H and O–H groups in total. The number of allylic oxidation sites excluding steroid dienone is 1. The van der Waals surface area contributed by atoms with Crippen molar-refractivity contribution in [2.75, 3.05) is 19.5 Å². The highest BCUT2D eigenvalue weighted by Gasteiger charge is 2.34. The van der Waals surface area contributed by atoms with Crippen LogP contribution in [0.2, 0.25) is 0 Å². The van der Waals surface area contributed by atoms with Crippen molar-refractivity contribution in [1.82, 2.24) is 4.57 Å². The Balaban J connectivity index is 1.72. The fourth-order valence-electron chi connectivity index (χ4n) is 4.73. The van der Waals surface area contributed by atoms with Crippen LogP contribution in [0.5, 0.6) is 11.5 Å². The number of rotatable bonds is 7. The number of aryl methyl sites for hydroxylation is 1. The van der Waals surface area contributed by atoms with Gasteiger partial charge in [0.1, 0.15) is 17.5 Å². The van der Waals surface area contributed by atoms with E-state index in [2.05, 4.69) is 10.3 Å². The van der Waals surface area contributed by atoms with E-state index in [-0.39, 0.29) is 11.3 Å². The zero-order valence-electron chi connectivity index (χ0n) is 22.7. The first-order valence-electron chi connectivity index (χ1n) is 12.6. The molecule has 1 aliphatic rings. The SMILES string of the molecule is COc1ccc([C@H]2C(C(=O)Nc3ccccc3)=C(C)N=c3s/c(=C\c4ccc(C)c([N+](=O)[O-])c4)c(=O)n32)c(OC)c1. The van der Waals surface area contributed by atoms with Gasteiger partial charge in [-0.25, -0.2) is 4.99 Å². The normalized spacial score (nSPS) is 14.7. The number of aromatic nitrogens is 1. The first kappa shape index (κ1) is 27.5. The molecule has 208 valence electrons. The van der Waals surface area contributed by atoms with Crippen LogP contribution in [0.4, 0.5) is 11.4 Å². The van der Waals surface area contributed by atoms with Crippen molar-refractivity contribution in [3.8, 4) is 11.5 Å². The quantitative estimate of drug-likeness (QED) is 0.263. The maximum atomic E-state index is 14.0. The van der Waals surface area contributed by atoms with E-state index >= 15 is 0 Å². The number of anilines is 1. The number of nitrogens with zero attached hydrogens (tertiary/aromatic N) is 3. The van der Waals surface area contributed by atoms with Crippen LogP contribution in [0.15, 0.2) is 87.8 Å². The molecule has 0 unspecified atom stereocenters. The molecular weight excluding hydrogens is 544 g/mol. The zero-order chi connectivity index (χ0) is 29.3. The molecule has 3 aromatic carbocycles. The van der Waals surface area contributed by atoms with Crippen molar-refractivity contribution >= 4 is 34.7 Å².